The van der Waals surface area contributed by atoms with Crippen LogP contribution in [-0.4, -0.2) is 30.7 Å². The fraction of sp³-hybridized carbons (Fsp3) is 0.258. The van der Waals surface area contributed by atoms with E-state index in [1.165, 1.54) is 30.5 Å². The summed E-state index contributed by atoms with van der Waals surface area (Å²) in [7, 11) is -3.82. The van der Waals surface area contributed by atoms with E-state index in [1.54, 1.807) is 11.5 Å². The van der Waals surface area contributed by atoms with Crippen molar-refractivity contribution in [1.82, 2.24) is 4.57 Å². The Kier molecular flexibility index (Phi) is 7.76. The molecular formula is C31H28F4N2O4S. The largest absolute Gasteiger partial charge is 0.417 e. The van der Waals surface area contributed by atoms with E-state index >= 15 is 0 Å². The molecule has 0 saturated heterocycles. The number of amides is 1. The molecule has 0 unspecified atom stereocenters. The number of hydrogen-bond acceptors (Lipinski definition) is 4. The van der Waals surface area contributed by atoms with Crippen LogP contribution in [-0.2, 0) is 33.9 Å². The first-order valence-corrected chi connectivity index (χ1v) is 15.0. The Bertz CT molecular complexity index is 1740. The van der Waals surface area contributed by atoms with Crippen molar-refractivity contribution >= 4 is 21.4 Å². The molecule has 0 aliphatic heterocycles. The van der Waals surface area contributed by atoms with Crippen LogP contribution < -0.4 is 5.32 Å². The predicted molar refractivity (Wildman–Crippen MR) is 150 cm³/mol. The van der Waals surface area contributed by atoms with Gasteiger partial charge < -0.3 is 14.6 Å². The van der Waals surface area contributed by atoms with E-state index in [0.29, 0.717) is 25.0 Å². The minimum Gasteiger partial charge on any atom is -0.368 e. The van der Waals surface area contributed by atoms with Gasteiger partial charge in [0.1, 0.15) is 10.7 Å². The van der Waals surface area contributed by atoms with Gasteiger partial charge in [0, 0.05) is 23.7 Å². The molecule has 4 aromatic rings. The van der Waals surface area contributed by atoms with Crippen LogP contribution in [0, 0.1) is 12.7 Å². The highest BCUT2D eigenvalue weighted by Gasteiger charge is 2.45. The van der Waals surface area contributed by atoms with Crippen LogP contribution in [0.4, 0.5) is 23.2 Å². The Balaban J connectivity index is 1.51. The summed E-state index contributed by atoms with van der Waals surface area (Å²) in [4.78, 5) is 12.9. The van der Waals surface area contributed by atoms with Gasteiger partial charge in [0.25, 0.3) is 5.91 Å². The van der Waals surface area contributed by atoms with Crippen molar-refractivity contribution in [3.05, 3.63) is 107 Å². The van der Waals surface area contributed by atoms with Crippen LogP contribution in [0.25, 0.3) is 11.3 Å². The lowest BCUT2D eigenvalue weighted by atomic mass is 9.99. The van der Waals surface area contributed by atoms with Gasteiger partial charge in [-0.05, 0) is 55.2 Å². The minimum absolute atomic E-state index is 0.000788. The van der Waals surface area contributed by atoms with E-state index in [-0.39, 0.29) is 29.1 Å². The molecule has 1 aliphatic rings. The molecule has 0 radical (unpaired) electrons. The van der Waals surface area contributed by atoms with Crippen LogP contribution in [0.2, 0.25) is 0 Å². The lowest BCUT2D eigenvalue weighted by molar-refractivity contribution is -0.137. The standard InChI is InChI=1S/C31H28F4N2O4S/c1-20-24(29(38)36-22-12-13-27(26(32)16-22)42(2,39)40)17-37(28(20)23-10-6-7-11-25(23)31(33,34)35)19-30(14-15-30)41-18-21-8-4-3-5-9-21/h3-13,16-17H,14-15,18-19H2,1-2H3,(H,36,38). The van der Waals surface area contributed by atoms with Gasteiger partial charge in [0.05, 0.1) is 35.6 Å². The molecule has 1 heterocycles. The average molecular weight is 601 g/mol. The van der Waals surface area contributed by atoms with Crippen LogP contribution in [0.1, 0.15) is 39.9 Å². The van der Waals surface area contributed by atoms with Crippen molar-refractivity contribution in [1.29, 1.82) is 0 Å². The number of ether oxygens (including phenoxy) is 1. The molecule has 5 rings (SSSR count). The number of sulfone groups is 1. The first kappa shape index (κ1) is 29.5. The maximum Gasteiger partial charge on any atom is 0.417 e. The van der Waals surface area contributed by atoms with Gasteiger partial charge in [-0.2, -0.15) is 13.2 Å². The van der Waals surface area contributed by atoms with Crippen LogP contribution in [0.3, 0.4) is 0 Å². The Morgan fingerprint density at radius 1 is 1.02 bits per heavy atom. The summed E-state index contributed by atoms with van der Waals surface area (Å²) in [5.74, 6) is -1.71. The average Bonchev–Trinajstić information content (AvgIpc) is 3.61. The zero-order valence-electron chi connectivity index (χ0n) is 22.8. The molecule has 1 aromatic heterocycles. The first-order valence-electron chi connectivity index (χ1n) is 13.1. The molecule has 0 atom stereocenters. The minimum atomic E-state index is -4.64. The number of nitrogens with one attached hydrogen (secondary N) is 1. The van der Waals surface area contributed by atoms with Crippen LogP contribution in [0.5, 0.6) is 0 Å². The van der Waals surface area contributed by atoms with E-state index < -0.39 is 43.8 Å². The number of hydrogen-bond donors (Lipinski definition) is 1. The Morgan fingerprint density at radius 2 is 1.69 bits per heavy atom. The zero-order valence-corrected chi connectivity index (χ0v) is 23.7. The van der Waals surface area contributed by atoms with Crippen molar-refractivity contribution in [2.24, 2.45) is 0 Å². The SMILES string of the molecule is Cc1c(C(=O)Nc2ccc(S(C)(=O)=O)c(F)c2)cn(CC2(OCc3ccccc3)CC2)c1-c1ccccc1C(F)(F)F. The van der Waals surface area contributed by atoms with Crippen molar-refractivity contribution in [3.63, 3.8) is 0 Å². The highest BCUT2D eigenvalue weighted by atomic mass is 32.2. The van der Waals surface area contributed by atoms with Crippen molar-refractivity contribution in [3.8, 4) is 11.3 Å². The number of carbonyl (C=O) groups excluding carboxylic acids is 1. The number of halogens is 4. The third-order valence-corrected chi connectivity index (χ3v) is 8.44. The number of rotatable bonds is 9. The fourth-order valence-corrected chi connectivity index (χ4v) is 5.72. The van der Waals surface area contributed by atoms with Gasteiger partial charge in [-0.15, -0.1) is 0 Å². The van der Waals surface area contributed by atoms with Gasteiger partial charge in [0.2, 0.25) is 0 Å². The smallest absolute Gasteiger partial charge is 0.368 e. The summed E-state index contributed by atoms with van der Waals surface area (Å²) < 4.78 is 88.0. The summed E-state index contributed by atoms with van der Waals surface area (Å²) in [6.45, 7) is 2.11. The van der Waals surface area contributed by atoms with E-state index in [1.807, 2.05) is 30.3 Å². The van der Waals surface area contributed by atoms with Gasteiger partial charge >= 0.3 is 6.18 Å². The van der Waals surface area contributed by atoms with Gasteiger partial charge in [-0.3, -0.25) is 4.79 Å². The molecule has 42 heavy (non-hydrogen) atoms. The van der Waals surface area contributed by atoms with Crippen molar-refractivity contribution < 1.29 is 35.5 Å². The Labute approximate surface area is 240 Å². The maximum atomic E-state index is 14.5. The molecule has 220 valence electrons. The molecule has 3 aromatic carbocycles. The molecule has 1 fully saturated rings. The summed E-state index contributed by atoms with van der Waals surface area (Å²) in [6, 6.07) is 17.9. The lowest BCUT2D eigenvalue weighted by Gasteiger charge is -2.21. The molecule has 1 N–H and O–H groups in total. The van der Waals surface area contributed by atoms with Gasteiger partial charge in [0.15, 0.2) is 9.84 Å². The Hall–Kier alpha value is -3.96. The van der Waals surface area contributed by atoms with E-state index in [2.05, 4.69) is 5.32 Å². The number of carbonyl (C=O) groups is 1. The number of alkyl halides is 3. The molecule has 1 saturated carbocycles. The molecule has 0 bridgehead atoms. The molecule has 1 aliphatic carbocycles. The maximum absolute atomic E-state index is 14.5. The summed E-state index contributed by atoms with van der Waals surface area (Å²) in [5, 5.41) is 2.54. The Morgan fingerprint density at radius 3 is 2.31 bits per heavy atom. The monoisotopic (exact) mass is 600 g/mol. The van der Waals surface area contributed by atoms with Crippen LogP contribution in [0.15, 0.2) is 83.9 Å². The quantitative estimate of drug-likeness (QED) is 0.209. The first-order chi connectivity index (χ1) is 19.8. The summed E-state index contributed by atoms with van der Waals surface area (Å²) >= 11 is 0. The van der Waals surface area contributed by atoms with Gasteiger partial charge in [-0.1, -0.05) is 48.5 Å². The second-order valence-corrected chi connectivity index (χ2v) is 12.5. The lowest BCUT2D eigenvalue weighted by Crippen LogP contribution is -2.22. The van der Waals surface area contributed by atoms with Gasteiger partial charge in [-0.25, -0.2) is 12.8 Å². The third kappa shape index (κ3) is 6.27. The van der Waals surface area contributed by atoms with E-state index in [9.17, 15) is 30.8 Å². The number of aromatic nitrogens is 1. The van der Waals surface area contributed by atoms with E-state index in [0.717, 1.165) is 30.0 Å². The van der Waals surface area contributed by atoms with Crippen molar-refractivity contribution in [2.75, 3.05) is 11.6 Å². The fourth-order valence-electron chi connectivity index (χ4n) is 4.99. The third-order valence-electron chi connectivity index (χ3n) is 7.31. The molecule has 6 nitrogen and oxygen atoms in total. The number of nitrogens with zero attached hydrogens (tertiary/aromatic N) is 1. The molecule has 11 heteroatoms. The number of benzene rings is 3. The van der Waals surface area contributed by atoms with Crippen molar-refractivity contribution in [2.45, 2.75) is 49.6 Å². The normalized spacial score (nSPS) is 14.5. The molecule has 1 amide bonds. The predicted octanol–water partition coefficient (Wildman–Crippen LogP) is 7.03. The highest BCUT2D eigenvalue weighted by Crippen LogP contribution is 2.45. The van der Waals surface area contributed by atoms with Crippen LogP contribution >= 0.6 is 0 Å². The molecule has 0 spiro atoms. The number of anilines is 1. The second kappa shape index (κ2) is 11.0. The molecular weight excluding hydrogens is 572 g/mol. The van der Waals surface area contributed by atoms with E-state index in [4.69, 9.17) is 4.74 Å². The highest BCUT2D eigenvalue weighted by molar-refractivity contribution is 7.90. The summed E-state index contributed by atoms with van der Waals surface area (Å²) in [6.07, 6.45) is -0.886. The second-order valence-electron chi connectivity index (χ2n) is 10.5. The summed E-state index contributed by atoms with van der Waals surface area (Å²) in [5.41, 5.74) is 0.0490. The topological polar surface area (TPSA) is 77.4 Å². The zero-order chi connectivity index (χ0) is 30.3.